The van der Waals surface area contributed by atoms with Gasteiger partial charge in [-0.2, -0.15) is 0 Å². The quantitative estimate of drug-likeness (QED) is 0.583. The normalized spacial score (nSPS) is 10.1. The number of nitrogens with one attached hydrogen (secondary N) is 1. The molecule has 1 rings (SSSR count). The van der Waals surface area contributed by atoms with E-state index in [2.05, 4.69) is 5.32 Å². The van der Waals surface area contributed by atoms with E-state index >= 15 is 0 Å². The number of rotatable bonds is 5. The molecule has 4 heteroatoms. The lowest BCUT2D eigenvalue weighted by Gasteiger charge is -2.08. The van der Waals surface area contributed by atoms with Gasteiger partial charge in [-0.05, 0) is 26.0 Å². The van der Waals surface area contributed by atoms with E-state index in [0.717, 1.165) is 5.56 Å². The van der Waals surface area contributed by atoms with E-state index in [-0.39, 0.29) is 5.91 Å². The summed E-state index contributed by atoms with van der Waals surface area (Å²) in [4.78, 5) is 11.7. The Morgan fingerprint density at radius 1 is 1.50 bits per heavy atom. The summed E-state index contributed by atoms with van der Waals surface area (Å²) in [5.41, 5.74) is 7.77. The fourth-order valence-electron chi connectivity index (χ4n) is 1.34. The van der Waals surface area contributed by atoms with Crippen LogP contribution in [0.2, 0.25) is 0 Å². The van der Waals surface area contributed by atoms with E-state index in [4.69, 9.17) is 10.5 Å². The topological polar surface area (TPSA) is 64.3 Å². The Bertz CT molecular complexity index is 364. The molecular formula is C12H18N2O2. The third-order valence-corrected chi connectivity index (χ3v) is 2.19. The van der Waals surface area contributed by atoms with Crippen LogP contribution in [0.3, 0.4) is 0 Å². The lowest BCUT2D eigenvalue weighted by atomic mass is 10.1. The number of carbonyl (C=O) groups excluding carboxylic acids is 1. The molecule has 16 heavy (non-hydrogen) atoms. The Morgan fingerprint density at radius 2 is 2.25 bits per heavy atom. The zero-order valence-corrected chi connectivity index (χ0v) is 9.75. The molecule has 0 radical (unpaired) electrons. The molecule has 0 aliphatic rings. The number of nitrogens with two attached hydrogens (primary N) is 1. The van der Waals surface area contributed by atoms with Crippen molar-refractivity contribution in [3.63, 3.8) is 0 Å². The average molecular weight is 222 g/mol. The van der Waals surface area contributed by atoms with E-state index < -0.39 is 0 Å². The first-order valence-electron chi connectivity index (χ1n) is 5.37. The number of hydrogen-bond donors (Lipinski definition) is 2. The van der Waals surface area contributed by atoms with E-state index in [1.54, 1.807) is 12.1 Å². The third-order valence-electron chi connectivity index (χ3n) is 2.19. The Hall–Kier alpha value is -1.55. The zero-order valence-electron chi connectivity index (χ0n) is 9.75. The molecule has 0 aliphatic carbocycles. The van der Waals surface area contributed by atoms with Crippen LogP contribution in [0.15, 0.2) is 18.2 Å². The van der Waals surface area contributed by atoms with Crippen molar-refractivity contribution in [3.05, 3.63) is 29.3 Å². The molecule has 1 aromatic rings. The van der Waals surface area contributed by atoms with Crippen molar-refractivity contribution in [2.24, 2.45) is 0 Å². The highest BCUT2D eigenvalue weighted by Crippen LogP contribution is 2.13. The molecule has 0 heterocycles. The zero-order chi connectivity index (χ0) is 12.0. The van der Waals surface area contributed by atoms with E-state index in [0.29, 0.717) is 31.0 Å². The van der Waals surface area contributed by atoms with Crippen molar-refractivity contribution >= 4 is 11.6 Å². The minimum atomic E-state index is -0.152. The molecule has 0 bridgehead atoms. The van der Waals surface area contributed by atoms with Crippen LogP contribution < -0.4 is 11.1 Å². The second-order valence-electron chi connectivity index (χ2n) is 3.54. The van der Waals surface area contributed by atoms with Crippen LogP contribution >= 0.6 is 0 Å². The lowest BCUT2D eigenvalue weighted by molar-refractivity contribution is 0.0923. The summed E-state index contributed by atoms with van der Waals surface area (Å²) in [6.45, 7) is 5.52. The maximum absolute atomic E-state index is 11.7. The van der Waals surface area contributed by atoms with Crippen molar-refractivity contribution in [2.75, 3.05) is 25.5 Å². The molecule has 1 amide bonds. The van der Waals surface area contributed by atoms with Gasteiger partial charge in [0.05, 0.1) is 12.2 Å². The van der Waals surface area contributed by atoms with E-state index in [9.17, 15) is 4.79 Å². The van der Waals surface area contributed by atoms with Crippen LogP contribution in [0.1, 0.15) is 22.8 Å². The Morgan fingerprint density at radius 3 is 2.94 bits per heavy atom. The first-order chi connectivity index (χ1) is 7.65. The molecule has 88 valence electrons. The van der Waals surface area contributed by atoms with Crippen molar-refractivity contribution in [1.82, 2.24) is 5.32 Å². The van der Waals surface area contributed by atoms with Gasteiger partial charge in [-0.15, -0.1) is 0 Å². The summed E-state index contributed by atoms with van der Waals surface area (Å²) in [6, 6.07) is 5.41. The Balaban J connectivity index is 2.55. The van der Waals surface area contributed by atoms with Crippen molar-refractivity contribution in [1.29, 1.82) is 0 Å². The summed E-state index contributed by atoms with van der Waals surface area (Å²) in [5.74, 6) is -0.152. The second kappa shape index (κ2) is 6.12. The summed E-state index contributed by atoms with van der Waals surface area (Å²) in [6.07, 6.45) is 0. The van der Waals surface area contributed by atoms with Crippen LogP contribution in [-0.2, 0) is 4.74 Å². The summed E-state index contributed by atoms with van der Waals surface area (Å²) in [7, 11) is 0. The fraction of sp³-hybridized carbons (Fsp3) is 0.417. The monoisotopic (exact) mass is 222 g/mol. The third kappa shape index (κ3) is 3.55. The number of carbonyl (C=O) groups is 1. The van der Waals surface area contributed by atoms with Gasteiger partial charge in [-0.1, -0.05) is 11.6 Å². The highest BCUT2D eigenvalue weighted by molar-refractivity contribution is 5.99. The number of benzene rings is 1. The van der Waals surface area contributed by atoms with Crippen molar-refractivity contribution in [2.45, 2.75) is 13.8 Å². The van der Waals surface area contributed by atoms with Crippen LogP contribution in [0.25, 0.3) is 0 Å². The number of hydrogen-bond acceptors (Lipinski definition) is 3. The van der Waals surface area contributed by atoms with Gasteiger partial charge >= 0.3 is 0 Å². The van der Waals surface area contributed by atoms with Crippen LogP contribution in [0.5, 0.6) is 0 Å². The van der Waals surface area contributed by atoms with Crippen molar-refractivity contribution < 1.29 is 9.53 Å². The van der Waals surface area contributed by atoms with Gasteiger partial charge in [0.15, 0.2) is 0 Å². The van der Waals surface area contributed by atoms with Crippen LogP contribution in [-0.4, -0.2) is 25.7 Å². The molecule has 0 fully saturated rings. The maximum atomic E-state index is 11.7. The predicted octanol–water partition coefficient (Wildman–Crippen LogP) is 1.34. The SMILES string of the molecule is CCOCCNC(=O)c1cc(C)ccc1N. The van der Waals surface area contributed by atoms with E-state index in [1.807, 2.05) is 19.9 Å². The van der Waals surface area contributed by atoms with Gasteiger partial charge < -0.3 is 15.8 Å². The van der Waals surface area contributed by atoms with Gasteiger partial charge in [-0.25, -0.2) is 0 Å². The molecule has 0 atom stereocenters. The number of nitrogen functional groups attached to an aromatic ring is 1. The standard InChI is InChI=1S/C12H18N2O2/c1-3-16-7-6-14-12(15)10-8-9(2)4-5-11(10)13/h4-5,8H,3,6-7,13H2,1-2H3,(H,14,15). The smallest absolute Gasteiger partial charge is 0.253 e. The molecule has 0 unspecified atom stereocenters. The van der Waals surface area contributed by atoms with Gasteiger partial charge in [0.25, 0.3) is 5.91 Å². The summed E-state index contributed by atoms with van der Waals surface area (Å²) < 4.78 is 5.13. The van der Waals surface area contributed by atoms with Gasteiger partial charge in [0.1, 0.15) is 0 Å². The first-order valence-corrected chi connectivity index (χ1v) is 5.37. The predicted molar refractivity (Wildman–Crippen MR) is 64.4 cm³/mol. The number of amides is 1. The van der Waals surface area contributed by atoms with Crippen molar-refractivity contribution in [3.8, 4) is 0 Å². The molecule has 0 spiro atoms. The van der Waals surface area contributed by atoms with Gasteiger partial charge in [0, 0.05) is 18.8 Å². The second-order valence-corrected chi connectivity index (χ2v) is 3.54. The van der Waals surface area contributed by atoms with Gasteiger partial charge in [0.2, 0.25) is 0 Å². The van der Waals surface area contributed by atoms with Gasteiger partial charge in [-0.3, -0.25) is 4.79 Å². The molecule has 3 N–H and O–H groups in total. The molecular weight excluding hydrogens is 204 g/mol. The molecule has 0 saturated carbocycles. The maximum Gasteiger partial charge on any atom is 0.253 e. The average Bonchev–Trinajstić information content (AvgIpc) is 2.27. The number of aryl methyl sites for hydroxylation is 1. The molecule has 0 aromatic heterocycles. The van der Waals surface area contributed by atoms with Crippen LogP contribution in [0.4, 0.5) is 5.69 Å². The highest BCUT2D eigenvalue weighted by atomic mass is 16.5. The minimum Gasteiger partial charge on any atom is -0.398 e. The Kier molecular flexibility index (Phi) is 4.79. The van der Waals surface area contributed by atoms with Crippen LogP contribution in [0, 0.1) is 6.92 Å². The molecule has 1 aromatic carbocycles. The summed E-state index contributed by atoms with van der Waals surface area (Å²) in [5, 5.41) is 2.76. The molecule has 4 nitrogen and oxygen atoms in total. The fourth-order valence-corrected chi connectivity index (χ4v) is 1.34. The van der Waals surface area contributed by atoms with E-state index in [1.165, 1.54) is 0 Å². The molecule has 0 saturated heterocycles. The highest BCUT2D eigenvalue weighted by Gasteiger charge is 2.08. The lowest BCUT2D eigenvalue weighted by Crippen LogP contribution is -2.28. The number of ether oxygens (including phenoxy) is 1. The number of anilines is 1. The first kappa shape index (κ1) is 12.5. The minimum absolute atomic E-state index is 0.152. The summed E-state index contributed by atoms with van der Waals surface area (Å²) >= 11 is 0. The Labute approximate surface area is 95.8 Å². The largest absolute Gasteiger partial charge is 0.398 e. The molecule has 0 aliphatic heterocycles.